The second kappa shape index (κ2) is 8.18. The van der Waals surface area contributed by atoms with Crippen molar-refractivity contribution in [3.8, 4) is 0 Å². The van der Waals surface area contributed by atoms with E-state index in [0.29, 0.717) is 10.8 Å². The molecule has 0 aliphatic rings. The number of halogens is 3. The zero-order valence-corrected chi connectivity index (χ0v) is 15.5. The molecule has 0 aromatic heterocycles. The number of hydrogen-bond donors (Lipinski definition) is 1. The van der Waals surface area contributed by atoms with Crippen molar-refractivity contribution in [3.05, 3.63) is 47.2 Å². The molecule has 1 aromatic rings. The van der Waals surface area contributed by atoms with Crippen molar-refractivity contribution in [1.29, 1.82) is 0 Å². The molecular formula is C18H25F3N4. The van der Waals surface area contributed by atoms with Gasteiger partial charge in [-0.2, -0.15) is 18.3 Å². The number of aliphatic imine (C=N–C) groups is 1. The summed E-state index contributed by atoms with van der Waals surface area (Å²) in [7, 11) is 1.08. The topological polar surface area (TPSA) is 40.0 Å². The van der Waals surface area contributed by atoms with E-state index in [9.17, 15) is 13.2 Å². The number of alkyl halides is 3. The minimum Gasteiger partial charge on any atom is -0.366 e. The van der Waals surface area contributed by atoms with Crippen LogP contribution in [0.15, 0.2) is 40.6 Å². The highest BCUT2D eigenvalue weighted by Crippen LogP contribution is 2.23. The van der Waals surface area contributed by atoms with Crippen LogP contribution in [0.1, 0.15) is 43.5 Å². The monoisotopic (exact) mass is 354 g/mol. The third kappa shape index (κ3) is 5.62. The molecule has 0 fully saturated rings. The number of amidine groups is 2. The van der Waals surface area contributed by atoms with E-state index in [1.54, 1.807) is 6.92 Å². The van der Waals surface area contributed by atoms with Crippen molar-refractivity contribution in [2.75, 3.05) is 7.05 Å². The Kier molecular flexibility index (Phi) is 6.78. The van der Waals surface area contributed by atoms with Gasteiger partial charge in [-0.05, 0) is 51.3 Å². The molecule has 0 bridgehead atoms. The van der Waals surface area contributed by atoms with Crippen molar-refractivity contribution in [1.82, 2.24) is 10.3 Å². The molecule has 25 heavy (non-hydrogen) atoms. The highest BCUT2D eigenvalue weighted by molar-refractivity contribution is 5.90. The summed E-state index contributed by atoms with van der Waals surface area (Å²) in [6, 6.07) is 5.94. The molecule has 0 radical (unpaired) electrons. The molecule has 0 unspecified atom stereocenters. The van der Waals surface area contributed by atoms with Crippen LogP contribution in [0.3, 0.4) is 0 Å². The predicted octanol–water partition coefficient (Wildman–Crippen LogP) is 4.71. The van der Waals surface area contributed by atoms with Crippen molar-refractivity contribution >= 4 is 11.7 Å². The lowest BCUT2D eigenvalue weighted by atomic mass is 10.0. The summed E-state index contributed by atoms with van der Waals surface area (Å²) in [5.74, 6) is -0.779. The molecule has 0 aliphatic heterocycles. The maximum atomic E-state index is 13.1. The van der Waals surface area contributed by atoms with Gasteiger partial charge >= 0.3 is 6.18 Å². The second-order valence-electron chi connectivity index (χ2n) is 5.99. The minimum absolute atomic E-state index is 0.108. The number of rotatable bonds is 4. The van der Waals surface area contributed by atoms with Crippen LogP contribution in [-0.4, -0.2) is 29.9 Å². The average molecular weight is 354 g/mol. The molecule has 0 amide bonds. The Morgan fingerprint density at radius 1 is 1.20 bits per heavy atom. The van der Waals surface area contributed by atoms with Gasteiger partial charge in [-0.15, -0.1) is 0 Å². The van der Waals surface area contributed by atoms with Gasteiger partial charge in [-0.3, -0.25) is 4.99 Å². The first-order valence-corrected chi connectivity index (χ1v) is 7.85. The predicted molar refractivity (Wildman–Crippen MR) is 96.6 cm³/mol. The molecule has 1 N–H and O–H groups in total. The molecule has 1 rings (SSSR count). The van der Waals surface area contributed by atoms with Crippen LogP contribution in [-0.2, 0) is 0 Å². The fraction of sp³-hybridized carbons (Fsp3) is 0.444. The summed E-state index contributed by atoms with van der Waals surface area (Å²) in [4.78, 5) is 3.31. The van der Waals surface area contributed by atoms with Gasteiger partial charge in [0.1, 0.15) is 5.84 Å². The van der Waals surface area contributed by atoms with Crippen LogP contribution in [0.25, 0.3) is 0 Å². The number of nitrogens with one attached hydrogen (secondary N) is 1. The first kappa shape index (κ1) is 20.7. The van der Waals surface area contributed by atoms with Gasteiger partial charge in [-0.1, -0.05) is 24.8 Å². The second-order valence-corrected chi connectivity index (χ2v) is 5.99. The molecule has 138 valence electrons. The van der Waals surface area contributed by atoms with Crippen LogP contribution < -0.4 is 5.32 Å². The van der Waals surface area contributed by atoms with Gasteiger partial charge in [0.2, 0.25) is 5.84 Å². The number of hydrogen-bond acceptors (Lipinski definition) is 2. The summed E-state index contributed by atoms with van der Waals surface area (Å²) in [6.07, 6.45) is -4.61. The molecule has 0 saturated carbocycles. The molecular weight excluding hydrogens is 329 g/mol. The number of benzene rings is 1. The fourth-order valence-electron chi connectivity index (χ4n) is 2.26. The van der Waals surface area contributed by atoms with Gasteiger partial charge in [0.25, 0.3) is 0 Å². The molecule has 1 aromatic carbocycles. The summed E-state index contributed by atoms with van der Waals surface area (Å²) in [5, 5.41) is 7.81. The number of allylic oxidation sites excluding steroid dienone is 1. The first-order chi connectivity index (χ1) is 11.5. The van der Waals surface area contributed by atoms with Crippen molar-refractivity contribution in [2.45, 2.75) is 46.8 Å². The zero-order valence-electron chi connectivity index (χ0n) is 15.5. The Hall–Kier alpha value is -2.31. The van der Waals surface area contributed by atoms with Gasteiger partial charge in [0, 0.05) is 18.8 Å². The normalized spacial score (nSPS) is 14.3. The lowest BCUT2D eigenvalue weighted by Gasteiger charge is -2.24. The molecule has 4 nitrogen and oxygen atoms in total. The van der Waals surface area contributed by atoms with Gasteiger partial charge in [-0.25, -0.2) is 5.01 Å². The third-order valence-corrected chi connectivity index (χ3v) is 3.73. The van der Waals surface area contributed by atoms with Crippen LogP contribution in [0, 0.1) is 13.8 Å². The maximum absolute atomic E-state index is 13.1. The van der Waals surface area contributed by atoms with E-state index in [2.05, 4.69) is 22.0 Å². The largest absolute Gasteiger partial charge is 0.451 e. The fourth-order valence-corrected chi connectivity index (χ4v) is 2.26. The van der Waals surface area contributed by atoms with E-state index < -0.39 is 12.0 Å². The smallest absolute Gasteiger partial charge is 0.366 e. The third-order valence-electron chi connectivity index (χ3n) is 3.73. The van der Waals surface area contributed by atoms with Gasteiger partial charge in [0.05, 0.1) is 0 Å². The molecule has 0 heterocycles. The van der Waals surface area contributed by atoms with Gasteiger partial charge in [0.15, 0.2) is 0 Å². The standard InChI is InChI=1S/C18H25F3N4/c1-11(2)25(17(22-7)18(19,20)21)24-15(6)23-14(5)16-9-8-12(3)13(4)10-16/h8-10,14H,1H2,2-7H3,(H,23,24)/b22-17-/t14-/m1/s1. The minimum atomic E-state index is -4.61. The molecule has 0 spiro atoms. The number of hydrazone groups is 1. The van der Waals surface area contributed by atoms with E-state index in [0.717, 1.165) is 18.2 Å². The van der Waals surface area contributed by atoms with E-state index in [1.807, 2.05) is 39.0 Å². The van der Waals surface area contributed by atoms with Crippen LogP contribution >= 0.6 is 0 Å². The molecule has 0 aliphatic carbocycles. The maximum Gasteiger partial charge on any atom is 0.451 e. The van der Waals surface area contributed by atoms with Crippen LogP contribution in [0.4, 0.5) is 13.2 Å². The average Bonchev–Trinajstić information content (AvgIpc) is 2.48. The van der Waals surface area contributed by atoms with Crippen LogP contribution in [0.2, 0.25) is 0 Å². The van der Waals surface area contributed by atoms with Crippen molar-refractivity contribution < 1.29 is 13.2 Å². The Labute approximate surface area is 147 Å². The number of aryl methyl sites for hydroxylation is 2. The lowest BCUT2D eigenvalue weighted by molar-refractivity contribution is -0.0674. The van der Waals surface area contributed by atoms with Gasteiger partial charge < -0.3 is 5.32 Å². The SMILES string of the molecule is C=C(C)N(/N=C(\C)N[C@H](C)c1ccc(C)c(C)c1)/C(=N\C)C(F)(F)F. The summed E-state index contributed by atoms with van der Waals surface area (Å²) in [5.41, 5.74) is 3.49. The van der Waals surface area contributed by atoms with E-state index in [-0.39, 0.29) is 11.7 Å². The summed E-state index contributed by atoms with van der Waals surface area (Å²) < 4.78 is 39.3. The first-order valence-electron chi connectivity index (χ1n) is 7.85. The quantitative estimate of drug-likeness (QED) is 0.483. The van der Waals surface area contributed by atoms with Crippen LogP contribution in [0.5, 0.6) is 0 Å². The van der Waals surface area contributed by atoms with Crippen molar-refractivity contribution in [2.24, 2.45) is 10.1 Å². The Balaban J connectivity index is 3.03. The molecule has 1 atom stereocenters. The van der Waals surface area contributed by atoms with E-state index in [4.69, 9.17) is 0 Å². The summed E-state index contributed by atoms with van der Waals surface area (Å²) >= 11 is 0. The Bertz CT molecular complexity index is 690. The lowest BCUT2D eigenvalue weighted by Crippen LogP contribution is -2.38. The summed E-state index contributed by atoms with van der Waals surface area (Å²) in [6.45, 7) is 12.6. The van der Waals surface area contributed by atoms with E-state index in [1.165, 1.54) is 12.5 Å². The zero-order chi connectivity index (χ0) is 19.4. The number of nitrogens with zero attached hydrogens (tertiary/aromatic N) is 3. The van der Waals surface area contributed by atoms with Crippen molar-refractivity contribution in [3.63, 3.8) is 0 Å². The Morgan fingerprint density at radius 2 is 1.80 bits per heavy atom. The highest BCUT2D eigenvalue weighted by atomic mass is 19.4. The Morgan fingerprint density at radius 3 is 2.24 bits per heavy atom. The highest BCUT2D eigenvalue weighted by Gasteiger charge is 2.40. The van der Waals surface area contributed by atoms with E-state index >= 15 is 0 Å². The molecule has 7 heteroatoms. The molecule has 0 saturated heterocycles.